The van der Waals surface area contributed by atoms with E-state index in [2.05, 4.69) is 5.32 Å². The van der Waals surface area contributed by atoms with Gasteiger partial charge >= 0.3 is 6.18 Å². The van der Waals surface area contributed by atoms with Gasteiger partial charge in [-0.05, 0) is 48.0 Å². The minimum Gasteiger partial charge on any atom is -0.350 e. The van der Waals surface area contributed by atoms with E-state index in [0.29, 0.717) is 10.4 Å². The molecule has 174 valence electrons. The molecule has 0 spiro atoms. The summed E-state index contributed by atoms with van der Waals surface area (Å²) >= 11 is 11.9. The molecule has 3 aromatic rings. The van der Waals surface area contributed by atoms with Crippen molar-refractivity contribution >= 4 is 44.8 Å². The van der Waals surface area contributed by atoms with Crippen molar-refractivity contribution in [3.05, 3.63) is 94.0 Å². The molecule has 1 N–H and O–H groups in total. The van der Waals surface area contributed by atoms with Crippen LogP contribution < -0.4 is 9.62 Å². The zero-order valence-electron chi connectivity index (χ0n) is 16.8. The van der Waals surface area contributed by atoms with Crippen LogP contribution >= 0.6 is 23.2 Å². The van der Waals surface area contributed by atoms with Crippen molar-refractivity contribution in [3.8, 4) is 0 Å². The van der Waals surface area contributed by atoms with Crippen LogP contribution in [0.4, 0.5) is 18.9 Å². The monoisotopic (exact) mass is 516 g/mol. The summed E-state index contributed by atoms with van der Waals surface area (Å²) in [5, 5.41) is 2.56. The van der Waals surface area contributed by atoms with Crippen LogP contribution in [-0.4, -0.2) is 20.9 Å². The second-order valence-corrected chi connectivity index (χ2v) is 9.60. The molecular weight excluding hydrogens is 500 g/mol. The molecule has 1 amide bonds. The minimum absolute atomic E-state index is 0.102. The third kappa shape index (κ3) is 6.19. The first-order valence-corrected chi connectivity index (χ1v) is 11.6. The average Bonchev–Trinajstić information content (AvgIpc) is 2.77. The summed E-state index contributed by atoms with van der Waals surface area (Å²) in [5.74, 6) is -0.732. The Balaban J connectivity index is 2.00. The highest BCUT2D eigenvalue weighted by atomic mass is 35.5. The first kappa shape index (κ1) is 24.9. The zero-order chi connectivity index (χ0) is 24.2. The molecule has 0 aliphatic heterocycles. The van der Waals surface area contributed by atoms with Crippen LogP contribution in [0.1, 0.15) is 11.1 Å². The Kier molecular flexibility index (Phi) is 7.56. The van der Waals surface area contributed by atoms with Gasteiger partial charge in [-0.25, -0.2) is 8.42 Å². The fourth-order valence-electron chi connectivity index (χ4n) is 2.90. The number of hydrogen-bond donors (Lipinski definition) is 1. The average molecular weight is 517 g/mol. The van der Waals surface area contributed by atoms with E-state index in [1.165, 1.54) is 24.3 Å². The topological polar surface area (TPSA) is 66.5 Å². The van der Waals surface area contributed by atoms with Crippen LogP contribution in [0.5, 0.6) is 0 Å². The maximum absolute atomic E-state index is 13.3. The number of carbonyl (C=O) groups is 1. The van der Waals surface area contributed by atoms with Crippen molar-refractivity contribution in [2.75, 3.05) is 10.8 Å². The lowest BCUT2D eigenvalue weighted by Gasteiger charge is -2.26. The molecule has 0 fully saturated rings. The lowest BCUT2D eigenvalue weighted by Crippen LogP contribution is -2.41. The van der Waals surface area contributed by atoms with E-state index < -0.39 is 39.9 Å². The first-order chi connectivity index (χ1) is 15.5. The van der Waals surface area contributed by atoms with Crippen molar-refractivity contribution in [2.45, 2.75) is 17.6 Å². The van der Waals surface area contributed by atoms with Crippen LogP contribution in [-0.2, 0) is 27.5 Å². The molecule has 5 nitrogen and oxygen atoms in total. The Labute approximate surface area is 198 Å². The number of sulfonamides is 1. The molecule has 33 heavy (non-hydrogen) atoms. The number of nitrogens with zero attached hydrogens (tertiary/aromatic N) is 1. The van der Waals surface area contributed by atoms with Gasteiger partial charge in [0.05, 0.1) is 21.2 Å². The predicted molar refractivity (Wildman–Crippen MR) is 121 cm³/mol. The van der Waals surface area contributed by atoms with Crippen LogP contribution in [0.25, 0.3) is 0 Å². The minimum atomic E-state index is -4.75. The molecule has 0 unspecified atom stereocenters. The number of alkyl halides is 3. The summed E-state index contributed by atoms with van der Waals surface area (Å²) in [4.78, 5) is 12.4. The molecular formula is C22H17Cl2F3N2O3S. The Morgan fingerprint density at radius 1 is 0.939 bits per heavy atom. The summed E-state index contributed by atoms with van der Waals surface area (Å²) in [7, 11) is -4.47. The van der Waals surface area contributed by atoms with Gasteiger partial charge in [-0.3, -0.25) is 9.10 Å². The zero-order valence-corrected chi connectivity index (χ0v) is 19.1. The van der Waals surface area contributed by atoms with Gasteiger partial charge in [-0.2, -0.15) is 13.2 Å². The van der Waals surface area contributed by atoms with Crippen LogP contribution in [0.15, 0.2) is 77.7 Å². The highest BCUT2D eigenvalue weighted by molar-refractivity contribution is 7.92. The summed E-state index contributed by atoms with van der Waals surface area (Å²) in [6, 6.07) is 16.1. The van der Waals surface area contributed by atoms with Crippen LogP contribution in [0, 0.1) is 0 Å². The molecule has 0 aliphatic rings. The van der Waals surface area contributed by atoms with Gasteiger partial charge in [0.25, 0.3) is 10.0 Å². The van der Waals surface area contributed by atoms with E-state index >= 15 is 0 Å². The summed E-state index contributed by atoms with van der Waals surface area (Å²) in [6.07, 6.45) is -4.75. The van der Waals surface area contributed by atoms with Crippen molar-refractivity contribution < 1.29 is 26.4 Å². The molecule has 11 heteroatoms. The van der Waals surface area contributed by atoms with E-state index in [1.807, 2.05) is 0 Å². The van der Waals surface area contributed by atoms with E-state index in [-0.39, 0.29) is 21.5 Å². The fourth-order valence-corrected chi connectivity index (χ4v) is 4.72. The largest absolute Gasteiger partial charge is 0.416 e. The third-order valence-corrected chi connectivity index (χ3v) is 6.91. The molecule has 0 saturated heterocycles. The Bertz CT molecular complexity index is 1240. The molecule has 0 heterocycles. The lowest BCUT2D eigenvalue weighted by molar-refractivity contribution is -0.137. The van der Waals surface area contributed by atoms with Gasteiger partial charge in [0.2, 0.25) is 5.91 Å². The van der Waals surface area contributed by atoms with E-state index in [1.54, 1.807) is 30.3 Å². The number of carbonyl (C=O) groups excluding carboxylic acids is 1. The fraction of sp³-hybridized carbons (Fsp3) is 0.136. The molecule has 0 saturated carbocycles. The molecule has 3 rings (SSSR count). The molecule has 0 atom stereocenters. The van der Waals surface area contributed by atoms with Crippen molar-refractivity contribution in [3.63, 3.8) is 0 Å². The van der Waals surface area contributed by atoms with Gasteiger partial charge < -0.3 is 5.32 Å². The maximum Gasteiger partial charge on any atom is 0.416 e. The molecule has 0 aliphatic carbocycles. The normalized spacial score (nSPS) is 11.8. The van der Waals surface area contributed by atoms with Crippen molar-refractivity contribution in [2.24, 2.45) is 0 Å². The molecule has 0 aromatic heterocycles. The van der Waals surface area contributed by atoms with Gasteiger partial charge in [-0.15, -0.1) is 0 Å². The number of rotatable bonds is 7. The molecule has 0 radical (unpaired) electrons. The Hall–Kier alpha value is -2.75. The number of amides is 1. The van der Waals surface area contributed by atoms with E-state index in [0.717, 1.165) is 17.7 Å². The van der Waals surface area contributed by atoms with Crippen LogP contribution in [0.2, 0.25) is 10.0 Å². The summed E-state index contributed by atoms with van der Waals surface area (Å²) in [6.45, 7) is -0.691. The predicted octanol–water partition coefficient (Wildman–Crippen LogP) is 5.52. The standard InChI is InChI=1S/C22H17Cl2F3N2O3S/c23-17-7-9-18(10-8-17)33(31,32)29(14-21(30)28-13-15-4-2-1-3-5-15)20-12-16(22(25,26)27)6-11-19(20)24/h1-12H,13-14H2,(H,28,30). The quantitative estimate of drug-likeness (QED) is 0.449. The highest BCUT2D eigenvalue weighted by Gasteiger charge is 2.34. The van der Waals surface area contributed by atoms with E-state index in [9.17, 15) is 26.4 Å². The number of anilines is 1. The third-order valence-electron chi connectivity index (χ3n) is 4.56. The van der Waals surface area contributed by atoms with Crippen LogP contribution in [0.3, 0.4) is 0 Å². The van der Waals surface area contributed by atoms with Gasteiger partial charge in [0.15, 0.2) is 0 Å². The maximum atomic E-state index is 13.3. The first-order valence-electron chi connectivity index (χ1n) is 9.44. The SMILES string of the molecule is O=C(CN(c1cc(C(F)(F)F)ccc1Cl)S(=O)(=O)c1ccc(Cl)cc1)NCc1ccccc1. The van der Waals surface area contributed by atoms with Crippen molar-refractivity contribution in [1.29, 1.82) is 0 Å². The number of nitrogens with one attached hydrogen (secondary N) is 1. The smallest absolute Gasteiger partial charge is 0.350 e. The lowest BCUT2D eigenvalue weighted by atomic mass is 10.2. The van der Waals surface area contributed by atoms with Gasteiger partial charge in [-0.1, -0.05) is 53.5 Å². The van der Waals surface area contributed by atoms with Gasteiger partial charge in [0, 0.05) is 11.6 Å². The summed E-state index contributed by atoms with van der Waals surface area (Å²) < 4.78 is 67.1. The number of halogens is 5. The number of benzene rings is 3. The van der Waals surface area contributed by atoms with Crippen molar-refractivity contribution in [1.82, 2.24) is 5.32 Å². The second kappa shape index (κ2) is 10.0. The molecule has 0 bridgehead atoms. The highest BCUT2D eigenvalue weighted by Crippen LogP contribution is 2.37. The number of hydrogen-bond acceptors (Lipinski definition) is 3. The second-order valence-electron chi connectivity index (χ2n) is 6.89. The van der Waals surface area contributed by atoms with Gasteiger partial charge in [0.1, 0.15) is 6.54 Å². The Morgan fingerprint density at radius 3 is 2.18 bits per heavy atom. The molecule has 3 aromatic carbocycles. The summed E-state index contributed by atoms with van der Waals surface area (Å²) in [5.41, 5.74) is -0.825. The Morgan fingerprint density at radius 2 is 1.58 bits per heavy atom. The van der Waals surface area contributed by atoms with E-state index in [4.69, 9.17) is 23.2 Å².